The maximum Gasteiger partial charge on any atom is 0.145 e. The van der Waals surface area contributed by atoms with Crippen molar-refractivity contribution >= 4 is 10.9 Å². The SMILES string of the molecule is CCNC1CCC(Oc2cccc3cccnc23)C1. The summed E-state index contributed by atoms with van der Waals surface area (Å²) in [5, 5.41) is 4.64. The van der Waals surface area contributed by atoms with Crippen LogP contribution in [0.25, 0.3) is 10.9 Å². The molecule has 19 heavy (non-hydrogen) atoms. The molecule has 3 nitrogen and oxygen atoms in total. The molecule has 3 heteroatoms. The summed E-state index contributed by atoms with van der Waals surface area (Å²) in [6.45, 7) is 3.19. The van der Waals surface area contributed by atoms with Crippen LogP contribution in [0.3, 0.4) is 0 Å². The van der Waals surface area contributed by atoms with Gasteiger partial charge in [0.15, 0.2) is 0 Å². The second kappa shape index (κ2) is 5.57. The number of ether oxygens (including phenoxy) is 1. The number of hydrogen-bond donors (Lipinski definition) is 1. The Morgan fingerprint density at radius 3 is 3.05 bits per heavy atom. The van der Waals surface area contributed by atoms with E-state index in [1.54, 1.807) is 0 Å². The third-order valence-corrected chi connectivity index (χ3v) is 3.77. The van der Waals surface area contributed by atoms with Crippen LogP contribution in [0.5, 0.6) is 5.75 Å². The van der Waals surface area contributed by atoms with Gasteiger partial charge >= 0.3 is 0 Å². The third kappa shape index (κ3) is 2.71. The fraction of sp³-hybridized carbons (Fsp3) is 0.438. The lowest BCUT2D eigenvalue weighted by Gasteiger charge is -2.15. The Balaban J connectivity index is 1.75. The summed E-state index contributed by atoms with van der Waals surface area (Å²) in [6.07, 6.45) is 5.57. The van der Waals surface area contributed by atoms with Crippen LogP contribution in [0, 0.1) is 0 Å². The van der Waals surface area contributed by atoms with Crippen molar-refractivity contribution in [3.63, 3.8) is 0 Å². The number of benzene rings is 1. The molecule has 0 saturated heterocycles. The minimum Gasteiger partial charge on any atom is -0.488 e. The standard InChI is InChI=1S/C16H20N2O/c1-2-17-13-8-9-14(11-13)19-15-7-3-5-12-6-4-10-18-16(12)15/h3-7,10,13-14,17H,2,8-9,11H2,1H3. The smallest absolute Gasteiger partial charge is 0.145 e. The number of rotatable bonds is 4. The summed E-state index contributed by atoms with van der Waals surface area (Å²) in [5.41, 5.74) is 0.969. The maximum absolute atomic E-state index is 6.16. The van der Waals surface area contributed by atoms with Crippen LogP contribution in [0.15, 0.2) is 36.5 Å². The number of pyridine rings is 1. The number of aromatic nitrogens is 1. The van der Waals surface area contributed by atoms with Crippen LogP contribution in [0.1, 0.15) is 26.2 Å². The van der Waals surface area contributed by atoms with Gasteiger partial charge in [0.1, 0.15) is 17.4 Å². The molecular formula is C16H20N2O. The Morgan fingerprint density at radius 1 is 1.26 bits per heavy atom. The Kier molecular flexibility index (Phi) is 3.65. The van der Waals surface area contributed by atoms with Crippen molar-refractivity contribution in [2.45, 2.75) is 38.3 Å². The highest BCUT2D eigenvalue weighted by Gasteiger charge is 2.25. The van der Waals surface area contributed by atoms with E-state index in [-0.39, 0.29) is 0 Å². The van der Waals surface area contributed by atoms with Gasteiger partial charge in [0.2, 0.25) is 0 Å². The predicted molar refractivity (Wildman–Crippen MR) is 77.5 cm³/mol. The van der Waals surface area contributed by atoms with Crippen molar-refractivity contribution in [1.82, 2.24) is 10.3 Å². The molecule has 0 amide bonds. The normalized spacial score (nSPS) is 22.8. The molecule has 2 aromatic rings. The van der Waals surface area contributed by atoms with E-state index in [0.29, 0.717) is 12.1 Å². The molecule has 1 aromatic heterocycles. The molecule has 3 rings (SSSR count). The molecule has 1 fully saturated rings. The number of fused-ring (bicyclic) bond motifs is 1. The lowest BCUT2D eigenvalue weighted by atomic mass is 10.2. The lowest BCUT2D eigenvalue weighted by molar-refractivity contribution is 0.208. The second-order valence-electron chi connectivity index (χ2n) is 5.14. The molecule has 1 aliphatic carbocycles. The predicted octanol–water partition coefficient (Wildman–Crippen LogP) is 3.14. The molecule has 100 valence electrons. The van der Waals surface area contributed by atoms with Gasteiger partial charge in [-0.15, -0.1) is 0 Å². The Hall–Kier alpha value is -1.61. The van der Waals surface area contributed by atoms with Crippen molar-refractivity contribution in [3.05, 3.63) is 36.5 Å². The fourth-order valence-corrected chi connectivity index (χ4v) is 2.87. The number of nitrogens with zero attached hydrogens (tertiary/aromatic N) is 1. The van der Waals surface area contributed by atoms with Crippen LogP contribution in [0.4, 0.5) is 0 Å². The molecule has 0 bridgehead atoms. The molecule has 1 heterocycles. The first kappa shape index (κ1) is 12.4. The molecule has 1 N–H and O–H groups in total. The topological polar surface area (TPSA) is 34.1 Å². The number of para-hydroxylation sites is 1. The van der Waals surface area contributed by atoms with E-state index >= 15 is 0 Å². The van der Waals surface area contributed by atoms with E-state index in [4.69, 9.17) is 4.74 Å². The van der Waals surface area contributed by atoms with Gasteiger partial charge < -0.3 is 10.1 Å². The number of hydrogen-bond acceptors (Lipinski definition) is 3. The lowest BCUT2D eigenvalue weighted by Crippen LogP contribution is -2.27. The summed E-state index contributed by atoms with van der Waals surface area (Å²) < 4.78 is 6.16. The average Bonchev–Trinajstić information content (AvgIpc) is 2.87. The van der Waals surface area contributed by atoms with E-state index in [0.717, 1.165) is 36.0 Å². The average molecular weight is 256 g/mol. The third-order valence-electron chi connectivity index (χ3n) is 3.77. The van der Waals surface area contributed by atoms with E-state index in [1.165, 1.54) is 6.42 Å². The molecule has 1 saturated carbocycles. The zero-order valence-corrected chi connectivity index (χ0v) is 11.3. The molecule has 0 aliphatic heterocycles. The van der Waals surface area contributed by atoms with Crippen molar-refractivity contribution in [3.8, 4) is 5.75 Å². The van der Waals surface area contributed by atoms with Gasteiger partial charge in [-0.05, 0) is 37.9 Å². The minimum absolute atomic E-state index is 0.316. The van der Waals surface area contributed by atoms with Gasteiger partial charge in [-0.1, -0.05) is 25.1 Å². The fourth-order valence-electron chi connectivity index (χ4n) is 2.87. The van der Waals surface area contributed by atoms with Crippen LogP contribution in [-0.4, -0.2) is 23.7 Å². The monoisotopic (exact) mass is 256 g/mol. The van der Waals surface area contributed by atoms with Crippen LogP contribution in [0.2, 0.25) is 0 Å². The molecule has 1 aromatic carbocycles. The maximum atomic E-state index is 6.16. The summed E-state index contributed by atoms with van der Waals surface area (Å²) >= 11 is 0. The molecule has 2 unspecified atom stereocenters. The molecule has 1 aliphatic rings. The van der Waals surface area contributed by atoms with Crippen LogP contribution >= 0.6 is 0 Å². The summed E-state index contributed by atoms with van der Waals surface area (Å²) in [6, 6.07) is 10.8. The summed E-state index contributed by atoms with van der Waals surface area (Å²) in [5.74, 6) is 0.917. The second-order valence-corrected chi connectivity index (χ2v) is 5.14. The Bertz CT molecular complexity index is 550. The van der Waals surface area contributed by atoms with Gasteiger partial charge in [0.05, 0.1) is 0 Å². The van der Waals surface area contributed by atoms with Gasteiger partial charge in [-0.2, -0.15) is 0 Å². The van der Waals surface area contributed by atoms with Crippen LogP contribution < -0.4 is 10.1 Å². The molecule has 0 spiro atoms. The van der Waals surface area contributed by atoms with Gasteiger partial charge in [0.25, 0.3) is 0 Å². The first-order valence-electron chi connectivity index (χ1n) is 7.10. The summed E-state index contributed by atoms with van der Waals surface area (Å²) in [7, 11) is 0. The van der Waals surface area contributed by atoms with Crippen molar-refractivity contribution in [2.24, 2.45) is 0 Å². The minimum atomic E-state index is 0.316. The van der Waals surface area contributed by atoms with E-state index < -0.39 is 0 Å². The zero-order valence-electron chi connectivity index (χ0n) is 11.3. The first-order valence-corrected chi connectivity index (χ1v) is 7.10. The van der Waals surface area contributed by atoms with Gasteiger partial charge in [-0.3, -0.25) is 4.98 Å². The highest BCUT2D eigenvalue weighted by Crippen LogP contribution is 2.29. The highest BCUT2D eigenvalue weighted by molar-refractivity contribution is 5.84. The molecule has 0 radical (unpaired) electrons. The molecule has 2 atom stereocenters. The largest absolute Gasteiger partial charge is 0.488 e. The van der Waals surface area contributed by atoms with Crippen LogP contribution in [-0.2, 0) is 0 Å². The zero-order chi connectivity index (χ0) is 13.1. The van der Waals surface area contributed by atoms with E-state index in [1.807, 2.05) is 24.4 Å². The highest BCUT2D eigenvalue weighted by atomic mass is 16.5. The first-order chi connectivity index (χ1) is 9.36. The Morgan fingerprint density at radius 2 is 2.16 bits per heavy atom. The van der Waals surface area contributed by atoms with E-state index in [9.17, 15) is 0 Å². The van der Waals surface area contributed by atoms with Gasteiger partial charge in [-0.25, -0.2) is 0 Å². The molecular weight excluding hydrogens is 236 g/mol. The Labute approximate surface area is 114 Å². The van der Waals surface area contributed by atoms with Crippen molar-refractivity contribution in [1.29, 1.82) is 0 Å². The van der Waals surface area contributed by atoms with E-state index in [2.05, 4.69) is 29.4 Å². The quantitative estimate of drug-likeness (QED) is 0.912. The van der Waals surface area contributed by atoms with Crippen molar-refractivity contribution in [2.75, 3.05) is 6.54 Å². The number of nitrogens with one attached hydrogen (secondary N) is 1. The summed E-state index contributed by atoms with van der Waals surface area (Å²) in [4.78, 5) is 4.44. The van der Waals surface area contributed by atoms with Gasteiger partial charge in [0, 0.05) is 17.6 Å². The van der Waals surface area contributed by atoms with Crippen molar-refractivity contribution < 1.29 is 4.74 Å².